The van der Waals surface area contributed by atoms with E-state index in [4.69, 9.17) is 28.6 Å². The number of hydrogen-bond donors (Lipinski definition) is 2. The first-order valence-electron chi connectivity index (χ1n) is 9.62. The van der Waals surface area contributed by atoms with E-state index < -0.39 is 0 Å². The molecule has 0 radical (unpaired) electrons. The molecule has 4 rings (SSSR count). The molecular formula is C24H19ClN2O2S2. The van der Waals surface area contributed by atoms with Gasteiger partial charge in [0.05, 0.1) is 5.02 Å². The highest BCUT2D eigenvalue weighted by atomic mass is 35.5. The number of nitrogens with one attached hydrogen (secondary N) is 2. The zero-order valence-electron chi connectivity index (χ0n) is 16.6. The van der Waals surface area contributed by atoms with Crippen LogP contribution in [0.3, 0.4) is 0 Å². The number of ether oxygens (including phenoxy) is 1. The molecule has 7 heteroatoms. The molecule has 0 fully saturated rings. The lowest BCUT2D eigenvalue weighted by molar-refractivity contribution is 0.0982. The summed E-state index contributed by atoms with van der Waals surface area (Å²) in [6.07, 6.45) is -0.0989. The van der Waals surface area contributed by atoms with Gasteiger partial charge in [0.15, 0.2) is 5.11 Å². The highest BCUT2D eigenvalue weighted by molar-refractivity contribution is 7.80. The van der Waals surface area contributed by atoms with Gasteiger partial charge >= 0.3 is 0 Å². The Morgan fingerprint density at radius 2 is 1.77 bits per heavy atom. The van der Waals surface area contributed by atoms with Crippen LogP contribution in [0, 0.1) is 0 Å². The first-order valence-corrected chi connectivity index (χ1v) is 11.2. The van der Waals surface area contributed by atoms with Crippen molar-refractivity contribution >= 4 is 61.9 Å². The van der Waals surface area contributed by atoms with Gasteiger partial charge in [-0.15, -0.1) is 11.3 Å². The zero-order valence-corrected chi connectivity index (χ0v) is 19.0. The minimum Gasteiger partial charge on any atom is -0.486 e. The molecule has 1 amide bonds. The number of carbonyl (C=O) groups is 1. The Hall–Kier alpha value is -2.93. The van der Waals surface area contributed by atoms with Gasteiger partial charge in [-0.25, -0.2) is 0 Å². The molecule has 3 aromatic carbocycles. The van der Waals surface area contributed by atoms with Crippen molar-refractivity contribution in [1.82, 2.24) is 5.32 Å². The summed E-state index contributed by atoms with van der Waals surface area (Å²) in [5.41, 5.74) is 1.80. The molecule has 0 spiro atoms. The van der Waals surface area contributed by atoms with Crippen molar-refractivity contribution in [3.63, 3.8) is 0 Å². The molecule has 1 atom stereocenters. The minimum absolute atomic E-state index is 0.0989. The van der Waals surface area contributed by atoms with E-state index in [1.165, 1.54) is 11.3 Å². The fourth-order valence-corrected chi connectivity index (χ4v) is 4.75. The monoisotopic (exact) mass is 466 g/mol. The molecule has 0 aliphatic heterocycles. The molecule has 1 heterocycles. The predicted molar refractivity (Wildman–Crippen MR) is 132 cm³/mol. The van der Waals surface area contributed by atoms with Crippen molar-refractivity contribution in [2.75, 3.05) is 5.32 Å². The van der Waals surface area contributed by atoms with E-state index in [0.717, 1.165) is 15.6 Å². The van der Waals surface area contributed by atoms with E-state index in [0.29, 0.717) is 21.3 Å². The SMILES string of the molecule is CC(Oc1cccc(NC(=S)NC(=O)c2sc3ccccc3c2Cl)c1)c1ccccc1. The predicted octanol–water partition coefficient (Wildman–Crippen LogP) is 6.82. The molecule has 0 saturated carbocycles. The number of hydrogen-bond acceptors (Lipinski definition) is 4. The second-order valence-electron chi connectivity index (χ2n) is 6.85. The highest BCUT2D eigenvalue weighted by Crippen LogP contribution is 2.35. The highest BCUT2D eigenvalue weighted by Gasteiger charge is 2.18. The number of fused-ring (bicyclic) bond motifs is 1. The van der Waals surface area contributed by atoms with E-state index in [1.807, 2.05) is 85.8 Å². The Morgan fingerprint density at radius 1 is 1.03 bits per heavy atom. The van der Waals surface area contributed by atoms with Gasteiger partial charge in [0, 0.05) is 21.8 Å². The molecule has 0 aliphatic carbocycles. The lowest BCUT2D eigenvalue weighted by Crippen LogP contribution is -2.33. The van der Waals surface area contributed by atoms with Crippen molar-refractivity contribution in [3.8, 4) is 5.75 Å². The summed E-state index contributed by atoms with van der Waals surface area (Å²) in [5.74, 6) is 0.358. The third-order valence-corrected chi connectivity index (χ3v) is 6.52. The molecule has 1 unspecified atom stereocenters. The van der Waals surface area contributed by atoms with Crippen molar-refractivity contribution in [2.24, 2.45) is 0 Å². The van der Waals surface area contributed by atoms with Crippen molar-refractivity contribution in [2.45, 2.75) is 13.0 Å². The minimum atomic E-state index is -0.339. The van der Waals surface area contributed by atoms with Gasteiger partial charge < -0.3 is 10.1 Å². The molecule has 156 valence electrons. The number of thiocarbonyl (C=S) groups is 1. The molecule has 0 saturated heterocycles. The van der Waals surface area contributed by atoms with Gasteiger partial charge in [-0.1, -0.05) is 66.2 Å². The summed E-state index contributed by atoms with van der Waals surface area (Å²) in [7, 11) is 0. The van der Waals surface area contributed by atoms with Crippen LogP contribution in [-0.4, -0.2) is 11.0 Å². The third kappa shape index (κ3) is 5.05. The first kappa shape index (κ1) is 21.3. The maximum Gasteiger partial charge on any atom is 0.269 e. The van der Waals surface area contributed by atoms with E-state index in [1.54, 1.807) is 0 Å². The number of benzene rings is 3. The lowest BCUT2D eigenvalue weighted by Gasteiger charge is -2.16. The van der Waals surface area contributed by atoms with Crippen LogP contribution in [0.4, 0.5) is 5.69 Å². The summed E-state index contributed by atoms with van der Waals surface area (Å²) in [5, 5.41) is 7.21. The van der Waals surface area contributed by atoms with Gasteiger partial charge in [0.25, 0.3) is 5.91 Å². The number of thiophene rings is 1. The average molecular weight is 467 g/mol. The van der Waals surface area contributed by atoms with Crippen LogP contribution in [0.5, 0.6) is 5.75 Å². The summed E-state index contributed by atoms with van der Waals surface area (Å²) < 4.78 is 6.99. The Bertz CT molecular complexity index is 1240. The lowest BCUT2D eigenvalue weighted by atomic mass is 10.1. The van der Waals surface area contributed by atoms with Crippen LogP contribution in [0.15, 0.2) is 78.9 Å². The zero-order chi connectivity index (χ0) is 21.8. The topological polar surface area (TPSA) is 50.4 Å². The standard InChI is InChI=1S/C24H19ClN2O2S2/c1-15(16-8-3-2-4-9-16)29-18-11-7-10-17(14-18)26-24(30)27-23(28)22-21(25)19-12-5-6-13-20(19)31-22/h2-15H,1H3,(H2,26,27,28,30). The van der Waals surface area contributed by atoms with Gasteiger partial charge in [0.2, 0.25) is 0 Å². The van der Waals surface area contributed by atoms with Gasteiger partial charge in [-0.3, -0.25) is 10.1 Å². The van der Waals surface area contributed by atoms with Gasteiger partial charge in [-0.05, 0) is 42.9 Å². The Kier molecular flexibility index (Phi) is 6.51. The average Bonchev–Trinajstić information content (AvgIpc) is 3.11. The summed E-state index contributed by atoms with van der Waals surface area (Å²) in [6, 6.07) is 25.0. The van der Waals surface area contributed by atoms with E-state index >= 15 is 0 Å². The maximum absolute atomic E-state index is 12.7. The number of halogens is 1. The van der Waals surface area contributed by atoms with Crippen LogP contribution < -0.4 is 15.4 Å². The summed E-state index contributed by atoms with van der Waals surface area (Å²) >= 11 is 13.0. The van der Waals surface area contributed by atoms with Gasteiger partial charge in [-0.2, -0.15) is 0 Å². The maximum atomic E-state index is 12.7. The Balaban J connectivity index is 1.41. The number of anilines is 1. The molecular weight excluding hydrogens is 448 g/mol. The van der Waals surface area contributed by atoms with E-state index in [-0.39, 0.29) is 17.1 Å². The second kappa shape index (κ2) is 9.47. The molecule has 0 bridgehead atoms. The van der Waals surface area contributed by atoms with Crippen molar-refractivity contribution in [1.29, 1.82) is 0 Å². The molecule has 4 nitrogen and oxygen atoms in total. The van der Waals surface area contributed by atoms with Crippen molar-refractivity contribution in [3.05, 3.63) is 94.3 Å². The van der Waals surface area contributed by atoms with E-state index in [9.17, 15) is 4.79 Å². The molecule has 1 aromatic heterocycles. The number of rotatable bonds is 5. The fourth-order valence-electron chi connectivity index (χ4n) is 3.13. The van der Waals surface area contributed by atoms with E-state index in [2.05, 4.69) is 10.6 Å². The first-order chi connectivity index (χ1) is 15.0. The molecule has 31 heavy (non-hydrogen) atoms. The second-order valence-corrected chi connectivity index (χ2v) is 8.69. The van der Waals surface area contributed by atoms with Crippen LogP contribution in [0.1, 0.15) is 28.3 Å². The Morgan fingerprint density at radius 3 is 2.55 bits per heavy atom. The number of carbonyl (C=O) groups excluding carboxylic acids is 1. The molecule has 0 aliphatic rings. The van der Waals surface area contributed by atoms with Crippen LogP contribution >= 0.6 is 35.2 Å². The smallest absolute Gasteiger partial charge is 0.269 e. The normalized spacial score (nSPS) is 11.7. The largest absolute Gasteiger partial charge is 0.486 e. The molecule has 2 N–H and O–H groups in total. The Labute approximate surface area is 194 Å². The van der Waals surface area contributed by atoms with Crippen LogP contribution in [-0.2, 0) is 0 Å². The molecule has 4 aromatic rings. The van der Waals surface area contributed by atoms with Crippen LogP contribution in [0.2, 0.25) is 5.02 Å². The quantitative estimate of drug-likeness (QED) is 0.317. The number of amides is 1. The van der Waals surface area contributed by atoms with Crippen LogP contribution in [0.25, 0.3) is 10.1 Å². The van der Waals surface area contributed by atoms with Crippen molar-refractivity contribution < 1.29 is 9.53 Å². The fraction of sp³-hybridized carbons (Fsp3) is 0.0833. The third-order valence-electron chi connectivity index (χ3n) is 4.64. The van der Waals surface area contributed by atoms with Gasteiger partial charge in [0.1, 0.15) is 16.7 Å². The summed E-state index contributed by atoms with van der Waals surface area (Å²) in [4.78, 5) is 13.1. The summed E-state index contributed by atoms with van der Waals surface area (Å²) in [6.45, 7) is 2.00.